The first-order valence-corrected chi connectivity index (χ1v) is 22.9. The summed E-state index contributed by atoms with van der Waals surface area (Å²) in [6.45, 7) is 6.39. The van der Waals surface area contributed by atoms with E-state index in [9.17, 15) is 28.3 Å². The van der Waals surface area contributed by atoms with E-state index < -0.39 is 30.3 Å². The number of para-hydroxylation sites is 1. The number of fused-ring (bicyclic) bond motifs is 4. The van der Waals surface area contributed by atoms with Gasteiger partial charge in [0.1, 0.15) is 23.7 Å². The molecule has 19 heteroatoms. The molecule has 4 saturated heterocycles. The number of benzene rings is 1. The number of halogens is 2. The molecular formula is C45H57F2N11O6. The monoisotopic (exact) mass is 885 g/mol. The van der Waals surface area contributed by atoms with Gasteiger partial charge in [-0.05, 0) is 101 Å². The molecule has 5 fully saturated rings. The number of morpholine rings is 1. The summed E-state index contributed by atoms with van der Waals surface area (Å²) in [6, 6.07) is 7.27. The lowest BCUT2D eigenvalue weighted by Crippen LogP contribution is -2.46. The number of aromatic nitrogens is 7. The first-order chi connectivity index (χ1) is 31.0. The summed E-state index contributed by atoms with van der Waals surface area (Å²) >= 11 is 0. The molecule has 1 aromatic carbocycles. The maximum atomic E-state index is 14.3. The SMILES string of the molecule is C[C@H](CCc1cccc2c1n(C)c(=O)n2C1CCC(O)NC1=O)OC1CCN(C[C@H]2CC[C@H](n3cc(NC(=O)c4cnn5ccc(N6C[C@H]7C[C@@H]6CO7)nc45)c(C(F)F)n3)CC2)CC1. The second-order valence-corrected chi connectivity index (χ2v) is 18.5. The molecule has 0 radical (unpaired) electrons. The quantitative estimate of drug-likeness (QED) is 0.149. The van der Waals surface area contributed by atoms with Crippen molar-refractivity contribution in [1.82, 2.24) is 43.7 Å². The van der Waals surface area contributed by atoms with Crippen molar-refractivity contribution in [2.75, 3.05) is 43.0 Å². The van der Waals surface area contributed by atoms with Gasteiger partial charge in [-0.25, -0.2) is 23.1 Å². The van der Waals surface area contributed by atoms with E-state index in [1.165, 1.54) is 10.7 Å². The van der Waals surface area contributed by atoms with E-state index in [0.717, 1.165) is 106 Å². The van der Waals surface area contributed by atoms with Gasteiger partial charge in [0.05, 0.1) is 59.9 Å². The summed E-state index contributed by atoms with van der Waals surface area (Å²) in [5.41, 5.74) is 2.45. The van der Waals surface area contributed by atoms with Gasteiger partial charge in [0, 0.05) is 45.6 Å². The largest absolute Gasteiger partial charge is 0.375 e. The minimum Gasteiger partial charge on any atom is -0.375 e. The Hall–Kier alpha value is -5.24. The standard InChI is InChI=1S/C45H57F2N11O6/c1-26(6-9-28-4-3-5-35-40(28)53(2)45(62)58(35)36-12-13-38(59)51-44(36)61)64-31-14-17-54(18-15-31)22-27-7-10-29(11-8-27)57-24-34(39(52-57)41(46)47)49-43(60)33-21-48-56-19-16-37(50-42(33)56)55-23-32-20-30(55)25-63-32/h3-5,16,19,21,24,26-27,29-32,36,38,41,59H,6-15,17-18,20,22-23,25H2,1-2H3,(H,49,60)(H,51,61)/t26-,27-,29-,30-,32-,36?,38?/m1/s1. The van der Waals surface area contributed by atoms with Crippen LogP contribution in [0.5, 0.6) is 0 Å². The number of aliphatic hydroxyl groups is 1. The molecule has 5 aromatic rings. The zero-order valence-electron chi connectivity index (χ0n) is 36.3. The number of carbonyl (C=O) groups excluding carboxylic acids is 2. The third-order valence-electron chi connectivity index (χ3n) is 14.3. The van der Waals surface area contributed by atoms with E-state index >= 15 is 0 Å². The Bertz CT molecular complexity index is 2570. The van der Waals surface area contributed by atoms with Crippen molar-refractivity contribution in [3.63, 3.8) is 0 Å². The average Bonchev–Trinajstić information content (AvgIpc) is 4.14. The van der Waals surface area contributed by atoms with Crippen LogP contribution in [0.15, 0.2) is 47.7 Å². The second-order valence-electron chi connectivity index (χ2n) is 18.5. The zero-order chi connectivity index (χ0) is 44.2. The van der Waals surface area contributed by atoms with Gasteiger partial charge in [-0.15, -0.1) is 0 Å². The van der Waals surface area contributed by atoms with E-state index in [-0.39, 0.29) is 53.2 Å². The van der Waals surface area contributed by atoms with Gasteiger partial charge in [0.25, 0.3) is 12.3 Å². The van der Waals surface area contributed by atoms with Crippen LogP contribution in [0.4, 0.5) is 20.3 Å². The van der Waals surface area contributed by atoms with Crippen molar-refractivity contribution in [3.8, 4) is 0 Å². The average molecular weight is 886 g/mol. The van der Waals surface area contributed by atoms with Crippen LogP contribution in [0.2, 0.25) is 0 Å². The highest BCUT2D eigenvalue weighted by Crippen LogP contribution is 2.37. The van der Waals surface area contributed by atoms with Crippen molar-refractivity contribution in [2.24, 2.45) is 13.0 Å². The Balaban J connectivity index is 0.691. The number of rotatable bonds is 13. The number of nitrogens with zero attached hydrogens (tertiary/aromatic N) is 9. The van der Waals surface area contributed by atoms with Gasteiger partial charge in [0.2, 0.25) is 5.91 Å². The number of nitrogens with one attached hydrogen (secondary N) is 2. The number of imidazole rings is 1. The predicted octanol–water partition coefficient (Wildman–Crippen LogP) is 4.75. The third-order valence-corrected chi connectivity index (χ3v) is 14.3. The van der Waals surface area contributed by atoms with Crippen LogP contribution < -0.4 is 21.2 Å². The van der Waals surface area contributed by atoms with Crippen molar-refractivity contribution in [1.29, 1.82) is 0 Å². The lowest BCUT2D eigenvalue weighted by Gasteiger charge is -2.37. The number of likely N-dealkylation sites (tertiary alicyclic amines) is 1. The number of piperidine rings is 2. The van der Waals surface area contributed by atoms with Crippen molar-refractivity contribution in [3.05, 3.63) is 70.2 Å². The number of anilines is 2. The molecule has 10 rings (SSSR count). The number of carbonyl (C=O) groups is 2. The third kappa shape index (κ3) is 8.31. The van der Waals surface area contributed by atoms with Crippen LogP contribution >= 0.6 is 0 Å². The maximum Gasteiger partial charge on any atom is 0.329 e. The minimum absolute atomic E-state index is 0.000529. The normalized spacial score (nSPS) is 26.1. The number of aryl methyl sites for hydroxylation is 2. The van der Waals surface area contributed by atoms with E-state index in [1.807, 2.05) is 24.3 Å². The van der Waals surface area contributed by atoms with Crippen LogP contribution in [0.3, 0.4) is 0 Å². The minimum atomic E-state index is -2.86. The summed E-state index contributed by atoms with van der Waals surface area (Å²) in [5, 5.41) is 23.7. The first kappa shape index (κ1) is 42.7. The van der Waals surface area contributed by atoms with Crippen LogP contribution in [-0.4, -0.2) is 119 Å². The Morgan fingerprint density at radius 2 is 1.88 bits per heavy atom. The number of amides is 2. The lowest BCUT2D eigenvalue weighted by atomic mass is 9.85. The van der Waals surface area contributed by atoms with Crippen molar-refractivity contribution < 1.29 is 33.0 Å². The van der Waals surface area contributed by atoms with Crippen LogP contribution in [-0.2, 0) is 27.7 Å². The highest BCUT2D eigenvalue weighted by molar-refractivity contribution is 6.08. The van der Waals surface area contributed by atoms with Gasteiger partial charge >= 0.3 is 5.69 Å². The van der Waals surface area contributed by atoms with Gasteiger partial charge in [0.15, 0.2) is 11.3 Å². The van der Waals surface area contributed by atoms with Gasteiger partial charge in [-0.3, -0.25) is 23.4 Å². The molecule has 342 valence electrons. The summed E-state index contributed by atoms with van der Waals surface area (Å²) in [7, 11) is 1.75. The number of aliphatic hydroxyl groups excluding tert-OH is 1. The fraction of sp³-hybridized carbons (Fsp3) is 0.600. The van der Waals surface area contributed by atoms with E-state index in [4.69, 9.17) is 14.5 Å². The molecule has 5 atom stereocenters. The number of alkyl halides is 2. The van der Waals surface area contributed by atoms with Gasteiger partial charge in [-0.2, -0.15) is 10.2 Å². The maximum absolute atomic E-state index is 14.3. The molecule has 4 aromatic heterocycles. The fourth-order valence-electron chi connectivity index (χ4n) is 10.9. The van der Waals surface area contributed by atoms with Crippen LogP contribution in [0.1, 0.15) is 111 Å². The van der Waals surface area contributed by atoms with E-state index in [2.05, 4.69) is 37.6 Å². The van der Waals surface area contributed by atoms with E-state index in [0.29, 0.717) is 31.0 Å². The first-order valence-electron chi connectivity index (χ1n) is 22.9. The van der Waals surface area contributed by atoms with Gasteiger partial charge < -0.3 is 35.0 Å². The summed E-state index contributed by atoms with van der Waals surface area (Å²) in [5.74, 6) is 0.328. The molecule has 2 bridgehead atoms. The molecule has 3 N–H and O–H groups in total. The highest BCUT2D eigenvalue weighted by atomic mass is 19.3. The molecule has 4 aliphatic heterocycles. The molecular weight excluding hydrogens is 829 g/mol. The number of hydrogen-bond acceptors (Lipinski definition) is 11. The molecule has 1 aliphatic carbocycles. The van der Waals surface area contributed by atoms with Crippen LogP contribution in [0, 0.1) is 5.92 Å². The van der Waals surface area contributed by atoms with Crippen LogP contribution in [0.25, 0.3) is 16.7 Å². The molecule has 0 spiro atoms. The molecule has 2 amide bonds. The topological polar surface area (TPSA) is 178 Å². The summed E-state index contributed by atoms with van der Waals surface area (Å²) in [4.78, 5) is 49.1. The van der Waals surface area contributed by atoms with Gasteiger partial charge in [-0.1, -0.05) is 12.1 Å². The van der Waals surface area contributed by atoms with Crippen molar-refractivity contribution in [2.45, 2.75) is 127 Å². The zero-order valence-corrected chi connectivity index (χ0v) is 36.3. The molecule has 5 aliphatic rings. The molecule has 2 unspecified atom stereocenters. The lowest BCUT2D eigenvalue weighted by molar-refractivity contribution is -0.130. The summed E-state index contributed by atoms with van der Waals surface area (Å²) in [6.07, 6.45) is 10.1. The molecule has 17 nitrogen and oxygen atoms in total. The fourth-order valence-corrected chi connectivity index (χ4v) is 10.9. The molecule has 1 saturated carbocycles. The molecule has 64 heavy (non-hydrogen) atoms. The Morgan fingerprint density at radius 3 is 2.61 bits per heavy atom. The Morgan fingerprint density at radius 1 is 1.06 bits per heavy atom. The summed E-state index contributed by atoms with van der Waals surface area (Å²) < 4.78 is 47.2. The Labute approximate surface area is 368 Å². The predicted molar refractivity (Wildman–Crippen MR) is 233 cm³/mol. The van der Waals surface area contributed by atoms with E-state index in [1.54, 1.807) is 33.3 Å². The van der Waals surface area contributed by atoms with Crippen molar-refractivity contribution >= 4 is 40.0 Å². The number of ether oxygens (including phenoxy) is 2. The molecule has 8 heterocycles. The highest BCUT2D eigenvalue weighted by Gasteiger charge is 2.40. The number of hydrogen-bond donors (Lipinski definition) is 3. The second kappa shape index (κ2) is 17.6. The smallest absolute Gasteiger partial charge is 0.329 e. The Kier molecular flexibility index (Phi) is 11.8.